The van der Waals surface area contributed by atoms with Gasteiger partial charge in [0, 0.05) is 25.5 Å². The predicted molar refractivity (Wildman–Crippen MR) is 87.2 cm³/mol. The maximum Gasteiger partial charge on any atom is 0.308 e. The van der Waals surface area contributed by atoms with E-state index in [0.29, 0.717) is 12.2 Å². The summed E-state index contributed by atoms with van der Waals surface area (Å²) in [7, 11) is 0.296. The molecule has 3 heterocycles. The van der Waals surface area contributed by atoms with Crippen LogP contribution in [0.25, 0.3) is 5.78 Å². The molecule has 1 saturated heterocycles. The molecule has 0 bridgehead atoms. The smallest absolute Gasteiger partial charge is 0.265 e. The molecule has 0 spiro atoms. The van der Waals surface area contributed by atoms with Gasteiger partial charge in [-0.1, -0.05) is 0 Å². The van der Waals surface area contributed by atoms with E-state index in [1.165, 1.54) is 9.52 Å². The molecule has 1 aliphatic rings. The molecule has 10 heteroatoms. The summed E-state index contributed by atoms with van der Waals surface area (Å²) < 4.78 is 25.0. The van der Waals surface area contributed by atoms with Crippen LogP contribution in [0, 0.1) is 13.8 Å². The van der Waals surface area contributed by atoms with Crippen LogP contribution < -0.4 is 0 Å². The highest BCUT2D eigenvalue weighted by Crippen LogP contribution is 2.20. The first kappa shape index (κ1) is 16.8. The molecule has 0 radical (unpaired) electrons. The van der Waals surface area contributed by atoms with Gasteiger partial charge in [0.2, 0.25) is 5.82 Å². The van der Waals surface area contributed by atoms with Crippen LogP contribution in [0.2, 0.25) is 0 Å². The number of carbonyl (C=O) groups excluding carboxylic acids is 1. The van der Waals surface area contributed by atoms with Crippen LogP contribution in [-0.4, -0.2) is 75.6 Å². The lowest BCUT2D eigenvalue weighted by Crippen LogP contribution is -2.49. The summed E-state index contributed by atoms with van der Waals surface area (Å²) in [5, 5.41) is 7.25. The van der Waals surface area contributed by atoms with Crippen molar-refractivity contribution in [1.82, 2.24) is 29.6 Å². The van der Waals surface area contributed by atoms with Crippen molar-refractivity contribution < 1.29 is 13.2 Å². The molecule has 0 saturated carbocycles. The number of aryl methyl sites for hydroxylation is 2. The van der Waals surface area contributed by atoms with E-state index in [1.807, 2.05) is 19.9 Å². The number of sulfone groups is 1. The van der Waals surface area contributed by atoms with Crippen molar-refractivity contribution in [1.29, 1.82) is 0 Å². The highest BCUT2D eigenvalue weighted by atomic mass is 32.2. The zero-order valence-electron chi connectivity index (χ0n) is 14.1. The average molecular weight is 352 g/mol. The van der Waals surface area contributed by atoms with E-state index in [0.717, 1.165) is 11.4 Å². The lowest BCUT2D eigenvalue weighted by atomic mass is 10.2. The number of amides is 1. The van der Waals surface area contributed by atoms with E-state index < -0.39 is 21.8 Å². The number of hydrogen-bond acceptors (Lipinski definition) is 7. The Morgan fingerprint density at radius 2 is 2.00 bits per heavy atom. The van der Waals surface area contributed by atoms with E-state index in [4.69, 9.17) is 0 Å². The summed E-state index contributed by atoms with van der Waals surface area (Å²) in [5.74, 6) is -0.0125. The Hall–Kier alpha value is -2.07. The second-order valence-corrected chi connectivity index (χ2v) is 8.47. The SMILES string of the molecule is Cc1cc(C)n2nc(C(=O)N(C3CCS(=O)(=O)C3)N(C)C)nc2n1. The standard InChI is InChI=1S/C14H20N6O3S/c1-9-7-10(2)19-14(15-9)16-12(17-19)13(21)20(18(3)4)11-5-6-24(22,23)8-11/h7,11H,5-6,8H2,1-4H3. The van der Waals surface area contributed by atoms with Gasteiger partial charge in [-0.05, 0) is 26.3 Å². The number of hydrazine groups is 1. The third-order valence-electron chi connectivity index (χ3n) is 4.00. The summed E-state index contributed by atoms with van der Waals surface area (Å²) in [4.78, 5) is 21.4. The minimum Gasteiger partial charge on any atom is -0.265 e. The number of rotatable bonds is 3. The van der Waals surface area contributed by atoms with Crippen LogP contribution in [0.5, 0.6) is 0 Å². The Kier molecular flexibility index (Phi) is 4.04. The lowest BCUT2D eigenvalue weighted by Gasteiger charge is -2.32. The molecule has 2 aromatic heterocycles. The molecule has 1 unspecified atom stereocenters. The molecule has 3 rings (SSSR count). The van der Waals surface area contributed by atoms with Gasteiger partial charge < -0.3 is 0 Å². The molecule has 2 aromatic rings. The lowest BCUT2D eigenvalue weighted by molar-refractivity contribution is -0.0000892. The quantitative estimate of drug-likeness (QED) is 0.708. The monoisotopic (exact) mass is 352 g/mol. The predicted octanol–water partition coefficient (Wildman–Crippen LogP) is -0.153. The highest BCUT2D eigenvalue weighted by Gasteiger charge is 2.37. The maximum atomic E-state index is 12.9. The molecule has 1 aliphatic heterocycles. The summed E-state index contributed by atoms with van der Waals surface area (Å²) in [6.07, 6.45) is 0.413. The first-order valence-electron chi connectivity index (χ1n) is 7.60. The Labute approximate surface area is 140 Å². The van der Waals surface area contributed by atoms with Crippen LogP contribution in [-0.2, 0) is 9.84 Å². The Balaban J connectivity index is 1.98. The number of nitrogens with zero attached hydrogens (tertiary/aromatic N) is 6. The van der Waals surface area contributed by atoms with E-state index >= 15 is 0 Å². The third kappa shape index (κ3) is 2.98. The molecule has 130 valence electrons. The van der Waals surface area contributed by atoms with E-state index in [9.17, 15) is 13.2 Å². The van der Waals surface area contributed by atoms with Crippen molar-refractivity contribution >= 4 is 21.5 Å². The maximum absolute atomic E-state index is 12.9. The number of aromatic nitrogens is 4. The molecule has 1 atom stereocenters. The van der Waals surface area contributed by atoms with Crippen LogP contribution >= 0.6 is 0 Å². The van der Waals surface area contributed by atoms with Gasteiger partial charge in [-0.15, -0.1) is 5.10 Å². The summed E-state index contributed by atoms with van der Waals surface area (Å²) in [6, 6.07) is 1.45. The van der Waals surface area contributed by atoms with Crippen molar-refractivity contribution in [2.24, 2.45) is 0 Å². The zero-order valence-corrected chi connectivity index (χ0v) is 14.9. The van der Waals surface area contributed by atoms with Gasteiger partial charge in [0.1, 0.15) is 0 Å². The second-order valence-electron chi connectivity index (χ2n) is 6.24. The Morgan fingerprint density at radius 1 is 1.29 bits per heavy atom. The van der Waals surface area contributed by atoms with Gasteiger partial charge >= 0.3 is 5.91 Å². The molecular weight excluding hydrogens is 332 g/mol. The van der Waals surface area contributed by atoms with Crippen LogP contribution in [0.1, 0.15) is 28.4 Å². The Bertz CT molecular complexity index is 905. The van der Waals surface area contributed by atoms with Crippen molar-refractivity contribution in [3.63, 3.8) is 0 Å². The summed E-state index contributed by atoms with van der Waals surface area (Å²) >= 11 is 0. The first-order valence-corrected chi connectivity index (χ1v) is 9.42. The molecule has 0 N–H and O–H groups in total. The summed E-state index contributed by atoms with van der Waals surface area (Å²) in [6.45, 7) is 3.70. The zero-order chi connectivity index (χ0) is 17.6. The average Bonchev–Trinajstić information content (AvgIpc) is 3.02. The second kappa shape index (κ2) is 5.78. The van der Waals surface area contributed by atoms with Gasteiger partial charge in [0.25, 0.3) is 5.78 Å². The molecule has 1 fully saturated rings. The van der Waals surface area contributed by atoms with Crippen molar-refractivity contribution in [2.45, 2.75) is 26.3 Å². The third-order valence-corrected chi connectivity index (χ3v) is 5.75. The topological polar surface area (TPSA) is 101 Å². The minimum absolute atomic E-state index is 0.00852. The van der Waals surface area contributed by atoms with Crippen molar-refractivity contribution in [3.05, 3.63) is 23.3 Å². The minimum atomic E-state index is -3.11. The highest BCUT2D eigenvalue weighted by molar-refractivity contribution is 7.91. The van der Waals surface area contributed by atoms with E-state index in [2.05, 4.69) is 15.1 Å². The van der Waals surface area contributed by atoms with Gasteiger partial charge in [-0.2, -0.15) is 4.98 Å². The fourth-order valence-electron chi connectivity index (χ4n) is 3.00. The fourth-order valence-corrected chi connectivity index (χ4v) is 4.69. The molecule has 9 nitrogen and oxygen atoms in total. The van der Waals surface area contributed by atoms with Crippen molar-refractivity contribution in [2.75, 3.05) is 25.6 Å². The normalized spacial score (nSPS) is 20.0. The van der Waals surface area contributed by atoms with Gasteiger partial charge in [0.15, 0.2) is 9.84 Å². The number of carbonyl (C=O) groups is 1. The largest absolute Gasteiger partial charge is 0.308 e. The van der Waals surface area contributed by atoms with Gasteiger partial charge in [-0.25, -0.2) is 22.9 Å². The molecule has 0 aliphatic carbocycles. The van der Waals surface area contributed by atoms with Crippen LogP contribution in [0.3, 0.4) is 0 Å². The van der Waals surface area contributed by atoms with E-state index in [1.54, 1.807) is 19.1 Å². The molecular formula is C14H20N6O3S. The molecule has 1 amide bonds. The van der Waals surface area contributed by atoms with Gasteiger partial charge in [-0.3, -0.25) is 9.80 Å². The number of hydrogen-bond donors (Lipinski definition) is 0. The van der Waals surface area contributed by atoms with Crippen LogP contribution in [0.15, 0.2) is 6.07 Å². The first-order chi connectivity index (χ1) is 11.2. The molecule has 24 heavy (non-hydrogen) atoms. The fraction of sp³-hybridized carbons (Fsp3) is 0.571. The summed E-state index contributed by atoms with van der Waals surface area (Å²) in [5.41, 5.74) is 1.61. The Morgan fingerprint density at radius 3 is 2.58 bits per heavy atom. The van der Waals surface area contributed by atoms with Crippen LogP contribution in [0.4, 0.5) is 0 Å². The molecule has 0 aromatic carbocycles. The van der Waals surface area contributed by atoms with Crippen molar-refractivity contribution in [3.8, 4) is 0 Å². The van der Waals surface area contributed by atoms with Gasteiger partial charge in [0.05, 0.1) is 17.5 Å². The number of fused-ring (bicyclic) bond motifs is 1. The van der Waals surface area contributed by atoms with E-state index in [-0.39, 0.29) is 17.3 Å².